The molecular formula is C46H46N2O12. The number of carboxylic acids is 1. The lowest BCUT2D eigenvalue weighted by atomic mass is 9.64. The average Bonchev–Trinajstić information content (AvgIpc) is 3.91. The van der Waals surface area contributed by atoms with Gasteiger partial charge in [-0.25, -0.2) is 4.79 Å². The minimum absolute atomic E-state index is 0.0278. The van der Waals surface area contributed by atoms with Gasteiger partial charge in [0.15, 0.2) is 29.1 Å². The van der Waals surface area contributed by atoms with E-state index in [0.717, 1.165) is 53.5 Å². The van der Waals surface area contributed by atoms with Crippen molar-refractivity contribution >= 4 is 11.7 Å². The van der Waals surface area contributed by atoms with Crippen molar-refractivity contribution in [2.75, 3.05) is 26.6 Å². The summed E-state index contributed by atoms with van der Waals surface area (Å²) >= 11 is 0. The van der Waals surface area contributed by atoms with Gasteiger partial charge in [0.2, 0.25) is 11.4 Å². The van der Waals surface area contributed by atoms with Crippen LogP contribution < -0.4 is 34.3 Å². The molecule has 0 aromatic heterocycles. The number of ether oxygens (including phenoxy) is 6. The largest absolute Gasteiger partial charge is 0.508 e. The summed E-state index contributed by atoms with van der Waals surface area (Å²) in [5, 5.41) is 62.3. The van der Waals surface area contributed by atoms with E-state index >= 15 is 0 Å². The number of methoxy groups -OCH3 is 2. The van der Waals surface area contributed by atoms with Gasteiger partial charge in [0.05, 0.1) is 20.1 Å². The van der Waals surface area contributed by atoms with Crippen molar-refractivity contribution < 1.29 is 58.7 Å². The molecule has 4 aromatic carbocycles. The van der Waals surface area contributed by atoms with Gasteiger partial charge in [-0.1, -0.05) is 49.2 Å². The van der Waals surface area contributed by atoms with E-state index in [9.17, 15) is 30.3 Å². The number of nitrogens with one attached hydrogen (secondary N) is 2. The maximum Gasteiger partial charge on any atom is 0.343 e. The van der Waals surface area contributed by atoms with E-state index < -0.39 is 59.3 Å². The third-order valence-electron chi connectivity index (χ3n) is 14.2. The molecule has 6 aliphatic heterocycles. The first kappa shape index (κ1) is 37.5. The van der Waals surface area contributed by atoms with E-state index in [4.69, 9.17) is 28.4 Å². The number of rotatable bonds is 5. The van der Waals surface area contributed by atoms with Gasteiger partial charge in [-0.15, -0.1) is 0 Å². The Hall–Kier alpha value is -5.51. The maximum absolute atomic E-state index is 12.8. The Morgan fingerprint density at radius 1 is 0.950 bits per heavy atom. The van der Waals surface area contributed by atoms with Crippen LogP contribution in [0.25, 0.3) is 11.1 Å². The van der Waals surface area contributed by atoms with E-state index in [2.05, 4.69) is 34.9 Å². The molecule has 4 aromatic rings. The SMILES string of the molecule is CNCc1cc(OC)c(OC)c2c1[C@H]1[C@H]3Oc4c5c(cc(c4[C@@H]1O2)-c1cc(O)ccc1Cc1cccc(c1)C31CCCC1)O[C@@]12O[C@](C(=O)O)(C=C[C@@H]1N5)[C@@H](O)[C@H](O)[C@H]2O. The maximum atomic E-state index is 12.8. The molecule has 0 amide bonds. The molecule has 2 fully saturated rings. The number of carbonyl (C=O) groups is 1. The van der Waals surface area contributed by atoms with E-state index in [1.54, 1.807) is 32.4 Å². The third-order valence-corrected chi connectivity index (χ3v) is 14.2. The van der Waals surface area contributed by atoms with Crippen molar-refractivity contribution in [2.45, 2.75) is 97.9 Å². The van der Waals surface area contributed by atoms with Crippen LogP contribution in [0, 0.1) is 0 Å². The minimum atomic E-state index is -2.41. The topological polar surface area (TPSA) is 198 Å². The van der Waals surface area contributed by atoms with E-state index in [-0.39, 0.29) is 17.4 Å². The molecule has 2 aliphatic carbocycles. The average molecular weight is 819 g/mol. The molecule has 7 N–H and O–H groups in total. The lowest BCUT2D eigenvalue weighted by Gasteiger charge is -2.57. The summed E-state index contributed by atoms with van der Waals surface area (Å²) in [5.74, 6) is -1.95. The Bertz CT molecular complexity index is 2520. The molecule has 14 nitrogen and oxygen atoms in total. The zero-order chi connectivity index (χ0) is 41.5. The molecule has 8 aliphatic rings. The van der Waals surface area contributed by atoms with Crippen LogP contribution in [0.15, 0.2) is 66.7 Å². The zero-order valence-corrected chi connectivity index (χ0v) is 33.2. The number of carboxylic acid groups (broad SMARTS) is 1. The van der Waals surface area contributed by atoms with Crippen molar-refractivity contribution in [1.29, 1.82) is 0 Å². The molecule has 60 heavy (non-hydrogen) atoms. The van der Waals surface area contributed by atoms with Crippen LogP contribution in [0.5, 0.6) is 34.5 Å². The van der Waals surface area contributed by atoms with Gasteiger partial charge in [0.1, 0.15) is 41.9 Å². The quantitative estimate of drug-likeness (QED) is 0.138. The number of aliphatic carboxylic acids is 1. The van der Waals surface area contributed by atoms with Gasteiger partial charge < -0.3 is 64.6 Å². The molecule has 8 bridgehead atoms. The summed E-state index contributed by atoms with van der Waals surface area (Å²) < 4.78 is 39.8. The van der Waals surface area contributed by atoms with Crippen LogP contribution in [-0.2, 0) is 27.9 Å². The predicted molar refractivity (Wildman–Crippen MR) is 215 cm³/mol. The van der Waals surface area contributed by atoms with E-state index in [0.29, 0.717) is 58.3 Å². The minimum Gasteiger partial charge on any atom is -0.508 e. The lowest BCUT2D eigenvalue weighted by Crippen LogP contribution is -2.79. The van der Waals surface area contributed by atoms with Crippen LogP contribution in [0.3, 0.4) is 0 Å². The Labute approximate surface area is 345 Å². The lowest BCUT2D eigenvalue weighted by molar-refractivity contribution is -0.356. The van der Waals surface area contributed by atoms with Gasteiger partial charge in [0.25, 0.3) is 5.79 Å². The second-order valence-electron chi connectivity index (χ2n) is 17.2. The highest BCUT2D eigenvalue weighted by Gasteiger charge is 2.70. The van der Waals surface area contributed by atoms with Crippen molar-refractivity contribution in [3.8, 4) is 45.6 Å². The second kappa shape index (κ2) is 13.0. The van der Waals surface area contributed by atoms with Gasteiger partial charge in [0, 0.05) is 23.1 Å². The van der Waals surface area contributed by atoms with Gasteiger partial charge >= 0.3 is 5.97 Å². The summed E-state index contributed by atoms with van der Waals surface area (Å²) in [6.45, 7) is 0.511. The number of hydrogen-bond acceptors (Lipinski definition) is 13. The second-order valence-corrected chi connectivity index (χ2v) is 17.2. The zero-order valence-electron chi connectivity index (χ0n) is 33.2. The number of aliphatic hydroxyl groups excluding tert-OH is 3. The fraction of sp³-hybridized carbons (Fsp3) is 0.413. The Balaban J connectivity index is 1.23. The third kappa shape index (κ3) is 4.79. The number of phenols is 1. The van der Waals surface area contributed by atoms with Crippen LogP contribution in [0.2, 0.25) is 0 Å². The number of fused-ring (bicyclic) bond motifs is 3. The predicted octanol–water partition coefficient (Wildman–Crippen LogP) is 4.57. The highest BCUT2D eigenvalue weighted by Crippen LogP contribution is 2.67. The first-order valence-corrected chi connectivity index (χ1v) is 20.5. The van der Waals surface area contributed by atoms with Crippen LogP contribution >= 0.6 is 0 Å². The molecule has 9 atom stereocenters. The normalized spacial score (nSPS) is 31.7. The first-order chi connectivity index (χ1) is 29.0. The smallest absolute Gasteiger partial charge is 0.343 e. The monoisotopic (exact) mass is 818 g/mol. The number of anilines is 1. The summed E-state index contributed by atoms with van der Waals surface area (Å²) in [4.78, 5) is 12.8. The number of aromatic hydroxyl groups is 1. The van der Waals surface area contributed by atoms with Crippen LogP contribution in [0.4, 0.5) is 5.69 Å². The molecule has 6 heterocycles. The molecular weight excluding hydrogens is 773 g/mol. The highest BCUT2D eigenvalue weighted by atomic mass is 16.7. The number of hydrogen-bond donors (Lipinski definition) is 7. The summed E-state index contributed by atoms with van der Waals surface area (Å²) in [7, 11) is 5.10. The van der Waals surface area contributed by atoms with Crippen molar-refractivity contribution in [3.63, 3.8) is 0 Å². The van der Waals surface area contributed by atoms with E-state index in [1.807, 2.05) is 19.2 Å². The molecule has 0 radical (unpaired) electrons. The molecule has 0 unspecified atom stereocenters. The summed E-state index contributed by atoms with van der Waals surface area (Å²) in [5.41, 5.74) is 4.58. The van der Waals surface area contributed by atoms with Gasteiger partial charge in [-0.2, -0.15) is 0 Å². The van der Waals surface area contributed by atoms with Crippen molar-refractivity contribution in [2.24, 2.45) is 0 Å². The van der Waals surface area contributed by atoms with Crippen LogP contribution in [-0.4, -0.2) is 94.6 Å². The van der Waals surface area contributed by atoms with Crippen molar-refractivity contribution in [3.05, 3.63) is 100 Å². The Morgan fingerprint density at radius 2 is 1.77 bits per heavy atom. The van der Waals surface area contributed by atoms with Gasteiger partial charge in [-0.05, 0) is 90.0 Å². The van der Waals surface area contributed by atoms with E-state index in [1.165, 1.54) is 12.2 Å². The molecule has 1 saturated carbocycles. The first-order valence-electron chi connectivity index (χ1n) is 20.5. The van der Waals surface area contributed by atoms with Gasteiger partial charge in [-0.3, -0.25) is 0 Å². The summed E-state index contributed by atoms with van der Waals surface area (Å²) in [6.07, 6.45) is -0.0977. The molecule has 312 valence electrons. The molecule has 1 saturated heterocycles. The molecule has 14 heteroatoms. The molecule has 2 spiro atoms. The highest BCUT2D eigenvalue weighted by molar-refractivity contribution is 5.87. The fourth-order valence-electron chi connectivity index (χ4n) is 11.5. The summed E-state index contributed by atoms with van der Waals surface area (Å²) in [6, 6.07) is 16.7. The number of benzene rings is 4. The number of phenolic OH excluding ortho intramolecular Hbond substituents is 1. The fourth-order valence-corrected chi connectivity index (χ4v) is 11.5. The number of aliphatic hydroxyl groups is 3. The Kier molecular flexibility index (Phi) is 8.12. The Morgan fingerprint density at radius 3 is 2.52 bits per heavy atom. The molecule has 12 rings (SSSR count). The van der Waals surface area contributed by atoms with Crippen molar-refractivity contribution in [1.82, 2.24) is 5.32 Å². The standard InChI is InChI=1S/C46H46N2O12/c1-47-20-23-17-29(55-2)36(56-3)39-31(23)33-37(57-39)32-27-19-28-34(48-30-11-14-45(43(53)54)40(51)35(50)41(52)46(30,59-28)60-45)38(32)58-42(33)44(12-4-5-13-44)24-8-6-7-21(16-24)15-22-9-10-25(49)18-26(22)27/h6-11,14,16-19,30,33,35,37,40-42,47-52H,4-5,12-13,15,20H2,1-3H3,(H,53,54)/t30-,33+,35-,37-,40-,41+,42+,45+,46+/m0/s1. The van der Waals surface area contributed by atoms with Crippen LogP contribution in [0.1, 0.15) is 71.1 Å².